The van der Waals surface area contributed by atoms with Gasteiger partial charge in [0, 0.05) is 24.6 Å². The zero-order valence-electron chi connectivity index (χ0n) is 21.5. The van der Waals surface area contributed by atoms with Crippen molar-refractivity contribution in [2.75, 3.05) is 5.32 Å². The fourth-order valence-electron chi connectivity index (χ4n) is 4.68. The third-order valence-electron chi connectivity index (χ3n) is 6.65. The summed E-state index contributed by atoms with van der Waals surface area (Å²) in [6, 6.07) is 8.55. The molecule has 13 nitrogen and oxygen atoms in total. The highest BCUT2D eigenvalue weighted by molar-refractivity contribution is 6.23. The second-order valence-electron chi connectivity index (χ2n) is 9.74. The number of nitrogens with one attached hydrogen (secondary N) is 3. The van der Waals surface area contributed by atoms with Crippen LogP contribution in [0.5, 0.6) is 0 Å². The maximum absolute atomic E-state index is 13.0. The van der Waals surface area contributed by atoms with Crippen molar-refractivity contribution < 1.29 is 24.0 Å². The van der Waals surface area contributed by atoms with E-state index in [9.17, 15) is 24.0 Å². The molecular weight excluding hydrogens is 504 g/mol. The number of imide groups is 2. The van der Waals surface area contributed by atoms with Crippen LogP contribution in [0.3, 0.4) is 0 Å². The standard InChI is InChI=1S/C26H26N8O5/c1-13(2)22-30-31-32-34(22)19-7-5-16(10-14(19)3)28-26(39)27-12-15-4-6-17-18(11-15)25(38)33(24(17)37)20-8-9-21(35)29-23(20)36/h4-7,10-11,13,20H,8-9,12H2,1-3H3,(H2,27,28,39)(H,29,35,36). The number of aromatic nitrogens is 4. The molecule has 2 aliphatic heterocycles. The van der Waals surface area contributed by atoms with E-state index in [1.807, 2.05) is 32.9 Å². The van der Waals surface area contributed by atoms with Gasteiger partial charge >= 0.3 is 6.03 Å². The van der Waals surface area contributed by atoms with Gasteiger partial charge in [-0.25, -0.2) is 4.79 Å². The van der Waals surface area contributed by atoms with Crippen molar-refractivity contribution in [2.24, 2.45) is 0 Å². The Hall–Kier alpha value is -4.94. The van der Waals surface area contributed by atoms with Gasteiger partial charge in [0.15, 0.2) is 5.82 Å². The van der Waals surface area contributed by atoms with Crippen LogP contribution in [0.15, 0.2) is 36.4 Å². The lowest BCUT2D eigenvalue weighted by Gasteiger charge is -2.27. The molecule has 3 heterocycles. The Morgan fingerprint density at radius 2 is 1.85 bits per heavy atom. The fraction of sp³-hybridized carbons (Fsp3) is 0.308. The summed E-state index contributed by atoms with van der Waals surface area (Å²) in [6.07, 6.45) is 0.132. The number of urea groups is 1. The molecule has 1 fully saturated rings. The first-order valence-electron chi connectivity index (χ1n) is 12.4. The van der Waals surface area contributed by atoms with Gasteiger partial charge in [0.25, 0.3) is 11.8 Å². The average molecular weight is 531 g/mol. The summed E-state index contributed by atoms with van der Waals surface area (Å²) in [7, 11) is 0. The molecule has 1 saturated heterocycles. The fourth-order valence-corrected chi connectivity index (χ4v) is 4.68. The summed E-state index contributed by atoms with van der Waals surface area (Å²) in [5.74, 6) is -1.42. The number of hydrogen-bond acceptors (Lipinski definition) is 8. The predicted molar refractivity (Wildman–Crippen MR) is 137 cm³/mol. The number of carbonyl (C=O) groups excluding carboxylic acids is 5. The van der Waals surface area contributed by atoms with Gasteiger partial charge in [0.1, 0.15) is 6.04 Å². The minimum absolute atomic E-state index is 0.0486. The normalized spacial score (nSPS) is 16.9. The van der Waals surface area contributed by atoms with E-state index in [4.69, 9.17) is 0 Å². The number of benzene rings is 2. The van der Waals surface area contributed by atoms with E-state index < -0.39 is 35.7 Å². The minimum Gasteiger partial charge on any atom is -0.334 e. The first-order valence-corrected chi connectivity index (χ1v) is 12.4. The number of hydrogen-bond donors (Lipinski definition) is 3. The Morgan fingerprint density at radius 1 is 1.08 bits per heavy atom. The number of piperidine rings is 1. The van der Waals surface area contributed by atoms with Crippen molar-refractivity contribution in [1.29, 1.82) is 0 Å². The number of carbonyl (C=O) groups is 5. The van der Waals surface area contributed by atoms with E-state index in [0.29, 0.717) is 11.3 Å². The average Bonchev–Trinajstić information content (AvgIpc) is 3.47. The van der Waals surface area contributed by atoms with E-state index in [1.54, 1.807) is 16.8 Å². The number of aryl methyl sites for hydroxylation is 1. The van der Waals surface area contributed by atoms with E-state index in [1.165, 1.54) is 12.1 Å². The van der Waals surface area contributed by atoms with Gasteiger partial charge in [-0.05, 0) is 65.2 Å². The Kier molecular flexibility index (Phi) is 6.64. The van der Waals surface area contributed by atoms with Crippen LogP contribution in [-0.2, 0) is 16.1 Å². The third-order valence-corrected chi connectivity index (χ3v) is 6.65. The number of tetrazole rings is 1. The van der Waals surface area contributed by atoms with Gasteiger partial charge in [-0.2, -0.15) is 4.68 Å². The van der Waals surface area contributed by atoms with Crippen LogP contribution in [0.1, 0.15) is 70.3 Å². The molecule has 3 N–H and O–H groups in total. The number of anilines is 1. The van der Waals surface area contributed by atoms with Crippen molar-refractivity contribution in [1.82, 2.24) is 35.7 Å². The van der Waals surface area contributed by atoms with Crippen molar-refractivity contribution in [2.45, 2.75) is 52.1 Å². The van der Waals surface area contributed by atoms with Crippen molar-refractivity contribution in [3.05, 3.63) is 64.5 Å². The second kappa shape index (κ2) is 10.1. The maximum atomic E-state index is 13.0. The van der Waals surface area contributed by atoms with Gasteiger partial charge < -0.3 is 10.6 Å². The van der Waals surface area contributed by atoms with Crippen molar-refractivity contribution >= 4 is 35.3 Å². The molecule has 0 bridgehead atoms. The summed E-state index contributed by atoms with van der Waals surface area (Å²) >= 11 is 0. The number of nitrogens with zero attached hydrogens (tertiary/aromatic N) is 5. The van der Waals surface area contributed by atoms with E-state index in [0.717, 1.165) is 22.0 Å². The molecular formula is C26H26N8O5. The summed E-state index contributed by atoms with van der Waals surface area (Å²) < 4.78 is 1.67. The lowest BCUT2D eigenvalue weighted by atomic mass is 10.0. The maximum Gasteiger partial charge on any atom is 0.319 e. The molecule has 5 rings (SSSR count). The first-order chi connectivity index (χ1) is 18.6. The van der Waals surface area contributed by atoms with Crippen molar-refractivity contribution in [3.63, 3.8) is 0 Å². The smallest absolute Gasteiger partial charge is 0.319 e. The topological polar surface area (TPSA) is 168 Å². The van der Waals surface area contributed by atoms with Gasteiger partial charge in [-0.1, -0.05) is 19.9 Å². The highest BCUT2D eigenvalue weighted by atomic mass is 16.2. The molecule has 39 heavy (non-hydrogen) atoms. The zero-order chi connectivity index (χ0) is 27.8. The quantitative estimate of drug-likeness (QED) is 0.406. The molecule has 1 atom stereocenters. The molecule has 1 unspecified atom stereocenters. The molecule has 3 aromatic rings. The molecule has 0 aliphatic carbocycles. The van der Waals surface area contributed by atoms with E-state index >= 15 is 0 Å². The van der Waals surface area contributed by atoms with Gasteiger partial charge in [0.2, 0.25) is 11.8 Å². The van der Waals surface area contributed by atoms with Crippen LogP contribution >= 0.6 is 0 Å². The monoisotopic (exact) mass is 530 g/mol. The molecule has 200 valence electrons. The summed E-state index contributed by atoms with van der Waals surface area (Å²) in [4.78, 5) is 63.0. The summed E-state index contributed by atoms with van der Waals surface area (Å²) in [5, 5.41) is 19.6. The molecule has 1 aromatic heterocycles. The van der Waals surface area contributed by atoms with Crippen LogP contribution in [-0.4, -0.2) is 60.8 Å². The molecule has 2 aliphatic rings. The zero-order valence-corrected chi connectivity index (χ0v) is 21.5. The van der Waals surface area contributed by atoms with Gasteiger partial charge in [0.05, 0.1) is 16.8 Å². The summed E-state index contributed by atoms with van der Waals surface area (Å²) in [5.41, 5.74) is 3.17. The predicted octanol–water partition coefficient (Wildman–Crippen LogP) is 1.82. The lowest BCUT2D eigenvalue weighted by Crippen LogP contribution is -2.54. The number of rotatable bonds is 6. The van der Waals surface area contributed by atoms with E-state index in [-0.39, 0.29) is 36.4 Å². The Morgan fingerprint density at radius 3 is 2.56 bits per heavy atom. The Labute approximate surface area is 222 Å². The second-order valence-corrected chi connectivity index (χ2v) is 9.74. The summed E-state index contributed by atoms with van der Waals surface area (Å²) in [6.45, 7) is 5.99. The van der Waals surface area contributed by atoms with Gasteiger partial charge in [-0.3, -0.25) is 29.4 Å². The molecule has 13 heteroatoms. The molecule has 0 radical (unpaired) electrons. The van der Waals surface area contributed by atoms with Crippen LogP contribution in [0.25, 0.3) is 5.69 Å². The van der Waals surface area contributed by atoms with Crippen LogP contribution in [0.2, 0.25) is 0 Å². The highest BCUT2D eigenvalue weighted by Gasteiger charge is 2.44. The molecule has 6 amide bonds. The Bertz CT molecular complexity index is 1530. The number of fused-ring (bicyclic) bond motifs is 1. The molecule has 0 spiro atoms. The van der Waals surface area contributed by atoms with Crippen molar-refractivity contribution in [3.8, 4) is 5.69 Å². The van der Waals surface area contributed by atoms with Gasteiger partial charge in [-0.15, -0.1) is 5.10 Å². The molecule has 2 aromatic carbocycles. The lowest BCUT2D eigenvalue weighted by molar-refractivity contribution is -0.136. The third kappa shape index (κ3) is 4.85. The SMILES string of the molecule is Cc1cc(NC(=O)NCc2ccc3c(c2)C(=O)N(C2CCC(=O)NC2=O)C3=O)ccc1-n1nnnc1C(C)C. The number of amides is 6. The highest BCUT2D eigenvalue weighted by Crippen LogP contribution is 2.28. The largest absolute Gasteiger partial charge is 0.334 e. The van der Waals surface area contributed by atoms with E-state index in [2.05, 4.69) is 31.5 Å². The van der Waals surface area contributed by atoms with Crippen LogP contribution in [0, 0.1) is 6.92 Å². The molecule has 0 saturated carbocycles. The Balaban J connectivity index is 1.23. The first kappa shape index (κ1) is 25.7. The van der Waals surface area contributed by atoms with Crippen LogP contribution < -0.4 is 16.0 Å². The minimum atomic E-state index is -1.03. The van der Waals surface area contributed by atoms with Crippen LogP contribution in [0.4, 0.5) is 10.5 Å².